The first-order chi connectivity index (χ1) is 14.8. The van der Waals surface area contributed by atoms with Crippen molar-refractivity contribution < 1.29 is 0 Å². The molecule has 1 radical (unpaired) electrons. The molecule has 0 atom stereocenters. The van der Waals surface area contributed by atoms with E-state index in [1.165, 1.54) is 52.9 Å². The van der Waals surface area contributed by atoms with Crippen molar-refractivity contribution >= 4 is 66.2 Å². The van der Waals surface area contributed by atoms with Gasteiger partial charge in [0.2, 0.25) is 0 Å². The predicted molar refractivity (Wildman–Crippen MR) is 128 cm³/mol. The number of rotatable bonds is 0. The summed E-state index contributed by atoms with van der Waals surface area (Å²) < 4.78 is 0. The molecule has 0 spiro atoms. The molecule has 0 fully saturated rings. The third-order valence-electron chi connectivity index (χ3n) is 6.08. The summed E-state index contributed by atoms with van der Waals surface area (Å²) in [5, 5.41) is 15.2. The summed E-state index contributed by atoms with van der Waals surface area (Å²) >= 11 is 1.86. The summed E-state index contributed by atoms with van der Waals surface area (Å²) in [4.78, 5) is 2.51. The lowest BCUT2D eigenvalue weighted by atomic mass is 10.0. The fourth-order valence-electron chi connectivity index (χ4n) is 4.57. The van der Waals surface area contributed by atoms with Crippen molar-refractivity contribution in [1.82, 2.24) is 5.32 Å². The number of fused-ring (bicyclic) bond motifs is 8. The Morgan fingerprint density at radius 2 is 0.867 bits per heavy atom. The number of hydrogen-bond acceptors (Lipinski definition) is 1. The molecule has 30 heavy (non-hydrogen) atoms. The number of hydrogen-bond donors (Lipinski definition) is 0. The molecular formula is C28H16NS. The van der Waals surface area contributed by atoms with Crippen molar-refractivity contribution in [1.29, 1.82) is 0 Å². The van der Waals surface area contributed by atoms with Crippen molar-refractivity contribution in [2.24, 2.45) is 0 Å². The van der Waals surface area contributed by atoms with E-state index in [0.29, 0.717) is 0 Å². The van der Waals surface area contributed by atoms with Gasteiger partial charge in [0.1, 0.15) is 0 Å². The van der Waals surface area contributed by atoms with E-state index in [4.69, 9.17) is 5.32 Å². The molecule has 1 aliphatic heterocycles. The Labute approximate surface area is 178 Å². The summed E-state index contributed by atoms with van der Waals surface area (Å²) in [7, 11) is 0. The molecule has 0 N–H and O–H groups in total. The summed E-state index contributed by atoms with van der Waals surface area (Å²) in [6.07, 6.45) is 0. The van der Waals surface area contributed by atoms with Crippen LogP contribution >= 0.6 is 11.8 Å². The molecule has 0 amide bonds. The van der Waals surface area contributed by atoms with Crippen molar-refractivity contribution in [2.45, 2.75) is 9.79 Å². The van der Waals surface area contributed by atoms with E-state index in [1.807, 2.05) is 11.8 Å². The average Bonchev–Trinajstić information content (AvgIpc) is 2.80. The van der Waals surface area contributed by atoms with E-state index in [9.17, 15) is 0 Å². The molecule has 139 valence electrons. The van der Waals surface area contributed by atoms with Crippen LogP contribution in [0.25, 0.3) is 43.1 Å². The first kappa shape index (κ1) is 16.3. The average molecular weight is 399 g/mol. The van der Waals surface area contributed by atoms with Crippen molar-refractivity contribution in [2.75, 3.05) is 0 Å². The fraction of sp³-hybridized carbons (Fsp3) is 0. The zero-order valence-corrected chi connectivity index (χ0v) is 16.9. The van der Waals surface area contributed by atoms with Crippen LogP contribution in [0.2, 0.25) is 0 Å². The highest BCUT2D eigenvalue weighted by Crippen LogP contribution is 2.50. The minimum Gasteiger partial charge on any atom is -0.247 e. The maximum atomic E-state index is 5.05. The van der Waals surface area contributed by atoms with Crippen LogP contribution < -0.4 is 5.32 Å². The maximum absolute atomic E-state index is 5.05. The number of nitrogens with zero attached hydrogens (tertiary/aromatic N) is 1. The van der Waals surface area contributed by atoms with Gasteiger partial charge in [0.05, 0.1) is 11.4 Å². The monoisotopic (exact) mass is 398 g/mol. The van der Waals surface area contributed by atoms with Gasteiger partial charge >= 0.3 is 0 Å². The summed E-state index contributed by atoms with van der Waals surface area (Å²) in [5.41, 5.74) is 2.13. The molecule has 6 aromatic carbocycles. The lowest BCUT2D eigenvalue weighted by Crippen LogP contribution is -2.00. The van der Waals surface area contributed by atoms with Crippen molar-refractivity contribution in [3.63, 3.8) is 0 Å². The predicted octanol–water partition coefficient (Wildman–Crippen LogP) is 8.33. The van der Waals surface area contributed by atoms with Crippen LogP contribution in [-0.4, -0.2) is 0 Å². The van der Waals surface area contributed by atoms with E-state index in [2.05, 4.69) is 97.1 Å². The first-order valence-corrected chi connectivity index (χ1v) is 11.0. The Balaban J connectivity index is 1.50. The second kappa shape index (κ2) is 6.01. The topological polar surface area (TPSA) is 14.1 Å². The van der Waals surface area contributed by atoms with Gasteiger partial charge in [-0.1, -0.05) is 72.4 Å². The van der Waals surface area contributed by atoms with Gasteiger partial charge in [-0.05, 0) is 79.5 Å². The quantitative estimate of drug-likeness (QED) is 0.234. The minimum atomic E-state index is 1.07. The summed E-state index contributed by atoms with van der Waals surface area (Å²) in [5.74, 6) is 0. The molecule has 6 aromatic rings. The summed E-state index contributed by atoms with van der Waals surface area (Å²) in [6.45, 7) is 0. The van der Waals surface area contributed by atoms with Gasteiger partial charge in [-0.15, -0.1) is 0 Å². The molecule has 0 aliphatic carbocycles. The van der Waals surface area contributed by atoms with Gasteiger partial charge in [-0.3, -0.25) is 0 Å². The van der Waals surface area contributed by atoms with E-state index >= 15 is 0 Å². The third-order valence-corrected chi connectivity index (χ3v) is 7.34. The first-order valence-electron chi connectivity index (χ1n) is 10.1. The number of benzene rings is 6. The van der Waals surface area contributed by atoms with Crippen LogP contribution in [0.5, 0.6) is 0 Å². The lowest BCUT2D eigenvalue weighted by molar-refractivity contribution is 1.10. The van der Waals surface area contributed by atoms with Gasteiger partial charge in [0, 0.05) is 9.79 Å². The van der Waals surface area contributed by atoms with Crippen LogP contribution in [0.3, 0.4) is 0 Å². The maximum Gasteiger partial charge on any atom is 0.0783 e. The standard InChI is InChI=1S/C28H16NS/c1-3-7-19-15-23-21(13-17(19)5-1)9-11-25-27(23)30-28-24-16-20-8-4-2-6-18(20)14-22(24)10-12-26(28)29-25/h1-16H. The van der Waals surface area contributed by atoms with Crippen LogP contribution in [0.1, 0.15) is 0 Å². The molecule has 2 heteroatoms. The molecule has 1 aliphatic rings. The second-order valence-electron chi connectivity index (χ2n) is 7.88. The van der Waals surface area contributed by atoms with Gasteiger partial charge < -0.3 is 0 Å². The summed E-state index contributed by atoms with van der Waals surface area (Å²) in [6, 6.07) is 35.1. The molecule has 0 unspecified atom stereocenters. The minimum absolute atomic E-state index is 1.07. The van der Waals surface area contributed by atoms with Crippen LogP contribution in [0.4, 0.5) is 11.4 Å². The third kappa shape index (κ3) is 2.31. The highest BCUT2D eigenvalue weighted by Gasteiger charge is 2.22. The zero-order valence-electron chi connectivity index (χ0n) is 16.1. The van der Waals surface area contributed by atoms with E-state index in [1.54, 1.807) is 0 Å². The van der Waals surface area contributed by atoms with E-state index < -0.39 is 0 Å². The van der Waals surface area contributed by atoms with Gasteiger partial charge in [-0.2, -0.15) is 0 Å². The Hall–Kier alpha value is -3.49. The smallest absolute Gasteiger partial charge is 0.0783 e. The van der Waals surface area contributed by atoms with Gasteiger partial charge in [0.15, 0.2) is 0 Å². The fourth-order valence-corrected chi connectivity index (χ4v) is 5.79. The molecule has 0 bridgehead atoms. The van der Waals surface area contributed by atoms with Crippen LogP contribution in [-0.2, 0) is 0 Å². The van der Waals surface area contributed by atoms with E-state index in [-0.39, 0.29) is 0 Å². The van der Waals surface area contributed by atoms with Crippen molar-refractivity contribution in [3.05, 3.63) is 97.1 Å². The highest BCUT2D eigenvalue weighted by atomic mass is 32.2. The van der Waals surface area contributed by atoms with Crippen LogP contribution in [0.15, 0.2) is 107 Å². The van der Waals surface area contributed by atoms with Gasteiger partial charge in [0.25, 0.3) is 0 Å². The molecule has 0 saturated heterocycles. The molecule has 0 saturated carbocycles. The van der Waals surface area contributed by atoms with Crippen molar-refractivity contribution in [3.8, 4) is 0 Å². The normalized spacial score (nSPS) is 12.8. The lowest BCUT2D eigenvalue weighted by Gasteiger charge is -2.22. The Kier molecular flexibility index (Phi) is 3.27. The Morgan fingerprint density at radius 1 is 0.433 bits per heavy atom. The molecule has 7 rings (SSSR count). The SMILES string of the molecule is c1ccc2cc3c4c(ccc3cc2c1)[N]c1ccc2cc3ccccc3cc2c1S4. The molecule has 0 aromatic heterocycles. The zero-order chi connectivity index (χ0) is 19.7. The van der Waals surface area contributed by atoms with Gasteiger partial charge in [-0.25, -0.2) is 5.32 Å². The van der Waals surface area contributed by atoms with Crippen LogP contribution in [0, 0.1) is 0 Å². The highest BCUT2D eigenvalue weighted by molar-refractivity contribution is 8.00. The largest absolute Gasteiger partial charge is 0.247 e. The van der Waals surface area contributed by atoms with E-state index in [0.717, 1.165) is 11.4 Å². The second-order valence-corrected chi connectivity index (χ2v) is 8.90. The molecule has 1 heterocycles. The Bertz CT molecular complexity index is 1530. The Morgan fingerprint density at radius 3 is 1.33 bits per heavy atom. The molecule has 1 nitrogen and oxygen atoms in total. The molecular weight excluding hydrogens is 382 g/mol.